The fraction of sp³-hybridized carbons (Fsp3) is 0.455. The Hall–Kier alpha value is -1.36. The summed E-state index contributed by atoms with van der Waals surface area (Å²) in [6.07, 6.45) is 1.49. The second kappa shape index (κ2) is 4.65. The van der Waals surface area contributed by atoms with Crippen molar-refractivity contribution in [2.24, 2.45) is 11.1 Å². The molecule has 3 N–H and O–H groups in total. The Morgan fingerprint density at radius 2 is 2.25 bits per heavy atom. The van der Waals surface area contributed by atoms with Crippen LogP contribution in [0, 0.1) is 12.3 Å². The van der Waals surface area contributed by atoms with Crippen LogP contribution in [0.4, 0.5) is 0 Å². The Bertz CT molecular complexity index is 410. The summed E-state index contributed by atoms with van der Waals surface area (Å²) < 4.78 is 5.08. The third-order valence-electron chi connectivity index (χ3n) is 2.43. The van der Waals surface area contributed by atoms with Gasteiger partial charge in [-0.15, -0.1) is 0 Å². The average molecular weight is 240 g/mol. The predicted molar refractivity (Wildman–Crippen MR) is 66.3 cm³/mol. The highest BCUT2D eigenvalue weighted by Gasteiger charge is 2.23. The van der Waals surface area contributed by atoms with Gasteiger partial charge in [0.15, 0.2) is 5.76 Å². The standard InChI is InChI=1S/C11H16N2O2S/c1-7-4-5-15-8(7)9(14)13-6-11(2,3)10(12)16/h4-5H,6H2,1-3H3,(H2,12,16)(H,13,14). The lowest BCUT2D eigenvalue weighted by Gasteiger charge is -2.22. The molecule has 0 aromatic carbocycles. The Labute approximate surface area is 100 Å². The molecule has 1 amide bonds. The summed E-state index contributed by atoms with van der Waals surface area (Å²) in [5.74, 6) is 0.0885. The summed E-state index contributed by atoms with van der Waals surface area (Å²) in [5, 5.41) is 2.75. The number of amides is 1. The molecule has 88 valence electrons. The Morgan fingerprint density at radius 1 is 1.62 bits per heavy atom. The first-order chi connectivity index (χ1) is 7.34. The summed E-state index contributed by atoms with van der Waals surface area (Å²) in [5.41, 5.74) is 5.98. The van der Waals surface area contributed by atoms with Gasteiger partial charge in [0.25, 0.3) is 5.91 Å². The number of carbonyl (C=O) groups is 1. The van der Waals surface area contributed by atoms with Crippen LogP contribution in [0.3, 0.4) is 0 Å². The zero-order chi connectivity index (χ0) is 12.3. The van der Waals surface area contributed by atoms with Crippen molar-refractivity contribution in [3.63, 3.8) is 0 Å². The van der Waals surface area contributed by atoms with Gasteiger partial charge in [0.05, 0.1) is 11.3 Å². The van der Waals surface area contributed by atoms with E-state index in [2.05, 4.69) is 5.32 Å². The third kappa shape index (κ3) is 2.82. The van der Waals surface area contributed by atoms with Crippen LogP contribution in [0.25, 0.3) is 0 Å². The van der Waals surface area contributed by atoms with Crippen molar-refractivity contribution in [1.29, 1.82) is 0 Å². The number of rotatable bonds is 4. The minimum Gasteiger partial charge on any atom is -0.459 e. The van der Waals surface area contributed by atoms with Crippen LogP contribution < -0.4 is 11.1 Å². The van der Waals surface area contributed by atoms with E-state index in [0.29, 0.717) is 17.3 Å². The van der Waals surface area contributed by atoms with E-state index in [1.54, 1.807) is 6.07 Å². The first-order valence-electron chi connectivity index (χ1n) is 4.97. The number of furan rings is 1. The monoisotopic (exact) mass is 240 g/mol. The van der Waals surface area contributed by atoms with Crippen LogP contribution in [0.1, 0.15) is 30.0 Å². The van der Waals surface area contributed by atoms with Gasteiger partial charge in [-0.1, -0.05) is 26.1 Å². The minimum atomic E-state index is -0.397. The highest BCUT2D eigenvalue weighted by Crippen LogP contribution is 2.14. The van der Waals surface area contributed by atoms with Gasteiger partial charge < -0.3 is 15.5 Å². The van der Waals surface area contributed by atoms with Crippen molar-refractivity contribution in [2.45, 2.75) is 20.8 Å². The molecule has 16 heavy (non-hydrogen) atoms. The molecule has 1 aromatic heterocycles. The molecule has 1 heterocycles. The highest BCUT2D eigenvalue weighted by molar-refractivity contribution is 7.80. The maximum Gasteiger partial charge on any atom is 0.287 e. The molecular formula is C11H16N2O2S. The van der Waals surface area contributed by atoms with Gasteiger partial charge >= 0.3 is 0 Å². The van der Waals surface area contributed by atoms with Gasteiger partial charge in [0, 0.05) is 17.5 Å². The quantitative estimate of drug-likeness (QED) is 0.785. The lowest BCUT2D eigenvalue weighted by molar-refractivity contribution is 0.0916. The first-order valence-corrected chi connectivity index (χ1v) is 5.37. The molecule has 0 unspecified atom stereocenters. The molecule has 4 nitrogen and oxygen atoms in total. The zero-order valence-corrected chi connectivity index (χ0v) is 10.5. The lowest BCUT2D eigenvalue weighted by atomic mass is 9.93. The van der Waals surface area contributed by atoms with Gasteiger partial charge in [0.1, 0.15) is 0 Å². The van der Waals surface area contributed by atoms with Gasteiger partial charge in [0.2, 0.25) is 0 Å². The van der Waals surface area contributed by atoms with Gasteiger partial charge in [-0.05, 0) is 13.0 Å². The molecule has 1 aromatic rings. The molecule has 0 atom stereocenters. The third-order valence-corrected chi connectivity index (χ3v) is 2.98. The Morgan fingerprint density at radius 3 is 2.69 bits per heavy atom. The first kappa shape index (κ1) is 12.7. The van der Waals surface area contributed by atoms with Crippen LogP contribution in [0.15, 0.2) is 16.7 Å². The fourth-order valence-electron chi connectivity index (χ4n) is 1.07. The van der Waals surface area contributed by atoms with E-state index < -0.39 is 5.41 Å². The predicted octanol–water partition coefficient (Wildman–Crippen LogP) is 1.63. The van der Waals surface area contributed by atoms with E-state index in [9.17, 15) is 4.79 Å². The van der Waals surface area contributed by atoms with Gasteiger partial charge in [-0.2, -0.15) is 0 Å². The molecule has 0 radical (unpaired) electrons. The molecule has 0 spiro atoms. The Balaban J connectivity index is 2.61. The highest BCUT2D eigenvalue weighted by atomic mass is 32.1. The lowest BCUT2D eigenvalue weighted by Crippen LogP contribution is -2.41. The molecule has 0 fully saturated rings. The number of carbonyl (C=O) groups excluding carboxylic acids is 1. The second-order valence-corrected chi connectivity index (χ2v) is 4.80. The van der Waals surface area contributed by atoms with Crippen LogP contribution in [-0.2, 0) is 0 Å². The zero-order valence-electron chi connectivity index (χ0n) is 9.66. The van der Waals surface area contributed by atoms with Gasteiger partial charge in [-0.3, -0.25) is 4.79 Å². The largest absolute Gasteiger partial charge is 0.459 e. The number of nitrogens with two attached hydrogens (primary N) is 1. The number of hydrogen-bond acceptors (Lipinski definition) is 3. The van der Waals surface area contributed by atoms with E-state index in [1.165, 1.54) is 6.26 Å². The number of nitrogens with one attached hydrogen (secondary N) is 1. The molecule has 0 saturated carbocycles. The second-order valence-electron chi connectivity index (χ2n) is 4.36. The maximum absolute atomic E-state index is 11.7. The molecule has 0 aliphatic heterocycles. The topological polar surface area (TPSA) is 68.3 Å². The van der Waals surface area contributed by atoms with Crippen molar-refractivity contribution in [1.82, 2.24) is 5.32 Å². The van der Waals surface area contributed by atoms with Crippen molar-refractivity contribution in [3.05, 3.63) is 23.7 Å². The average Bonchev–Trinajstić information content (AvgIpc) is 2.61. The summed E-state index contributed by atoms with van der Waals surface area (Å²) in [7, 11) is 0. The normalized spacial score (nSPS) is 11.2. The van der Waals surface area contributed by atoms with Crippen LogP contribution in [-0.4, -0.2) is 17.4 Å². The van der Waals surface area contributed by atoms with Crippen molar-refractivity contribution in [3.8, 4) is 0 Å². The SMILES string of the molecule is Cc1ccoc1C(=O)NCC(C)(C)C(N)=S. The summed E-state index contributed by atoms with van der Waals surface area (Å²) in [6, 6.07) is 1.74. The maximum atomic E-state index is 11.7. The number of aryl methyl sites for hydroxylation is 1. The molecule has 0 bridgehead atoms. The molecule has 0 aliphatic rings. The number of thiocarbonyl (C=S) groups is 1. The van der Waals surface area contributed by atoms with Crippen molar-refractivity contribution < 1.29 is 9.21 Å². The smallest absolute Gasteiger partial charge is 0.287 e. The van der Waals surface area contributed by atoms with E-state index >= 15 is 0 Å². The molecular weight excluding hydrogens is 224 g/mol. The van der Waals surface area contributed by atoms with E-state index in [4.69, 9.17) is 22.4 Å². The van der Waals surface area contributed by atoms with Crippen LogP contribution in [0.5, 0.6) is 0 Å². The van der Waals surface area contributed by atoms with Crippen molar-refractivity contribution >= 4 is 23.1 Å². The molecule has 0 saturated heterocycles. The molecule has 1 rings (SSSR count). The molecule has 0 aliphatic carbocycles. The van der Waals surface area contributed by atoms with E-state index in [1.807, 2.05) is 20.8 Å². The van der Waals surface area contributed by atoms with E-state index in [0.717, 1.165) is 5.56 Å². The van der Waals surface area contributed by atoms with Crippen LogP contribution >= 0.6 is 12.2 Å². The van der Waals surface area contributed by atoms with Crippen molar-refractivity contribution in [2.75, 3.05) is 6.54 Å². The van der Waals surface area contributed by atoms with Crippen LogP contribution in [0.2, 0.25) is 0 Å². The summed E-state index contributed by atoms with van der Waals surface area (Å²) in [6.45, 7) is 5.97. The summed E-state index contributed by atoms with van der Waals surface area (Å²) in [4.78, 5) is 12.1. The fourth-order valence-corrected chi connectivity index (χ4v) is 1.15. The Kier molecular flexibility index (Phi) is 3.70. The minimum absolute atomic E-state index is 0.244. The summed E-state index contributed by atoms with van der Waals surface area (Å²) >= 11 is 4.91. The van der Waals surface area contributed by atoms with Gasteiger partial charge in [-0.25, -0.2) is 0 Å². The molecule has 5 heteroatoms. The van der Waals surface area contributed by atoms with E-state index in [-0.39, 0.29) is 5.91 Å². The number of hydrogen-bond donors (Lipinski definition) is 2.